The van der Waals surface area contributed by atoms with E-state index in [1.165, 1.54) is 33.8 Å². The fraction of sp³-hybridized carbons (Fsp3) is 0.250. The van der Waals surface area contributed by atoms with Crippen molar-refractivity contribution < 1.29 is 8.78 Å². The molecule has 1 aliphatic rings. The fourth-order valence-corrected chi connectivity index (χ4v) is 5.41. The van der Waals surface area contributed by atoms with E-state index in [1.54, 1.807) is 40.0 Å². The highest BCUT2D eigenvalue weighted by molar-refractivity contribution is 6.31. The van der Waals surface area contributed by atoms with Gasteiger partial charge < -0.3 is 0 Å². The normalized spacial score (nSPS) is 16.4. The number of hydrogen-bond acceptors (Lipinski definition) is 7. The number of aromatic nitrogens is 8. The van der Waals surface area contributed by atoms with Gasteiger partial charge in [0.25, 0.3) is 11.5 Å². The summed E-state index contributed by atoms with van der Waals surface area (Å²) in [5, 5.41) is 4.29. The van der Waals surface area contributed by atoms with Crippen LogP contribution in [0.1, 0.15) is 52.3 Å². The highest BCUT2D eigenvalue weighted by Crippen LogP contribution is 2.55. The quantitative estimate of drug-likeness (QED) is 0.294. The second-order valence-corrected chi connectivity index (χ2v) is 10.3. The molecule has 1 aliphatic carbocycles. The van der Waals surface area contributed by atoms with E-state index in [0.717, 1.165) is 11.8 Å². The Balaban J connectivity index is 1.42. The second-order valence-electron chi connectivity index (χ2n) is 9.89. The summed E-state index contributed by atoms with van der Waals surface area (Å²) in [6.07, 6.45) is 6.45. The Morgan fingerprint density at radius 1 is 1.00 bits per heavy atom. The van der Waals surface area contributed by atoms with Gasteiger partial charge in [-0.1, -0.05) is 11.6 Å². The summed E-state index contributed by atoms with van der Waals surface area (Å²) >= 11 is 6.61. The maximum atomic E-state index is 16.2. The van der Waals surface area contributed by atoms with Crippen LogP contribution in [-0.2, 0) is 0 Å². The van der Waals surface area contributed by atoms with E-state index < -0.39 is 17.2 Å². The van der Waals surface area contributed by atoms with E-state index in [2.05, 4.69) is 30.0 Å². The van der Waals surface area contributed by atoms with Crippen molar-refractivity contribution in [3.05, 3.63) is 104 Å². The number of aryl methyl sites for hydroxylation is 4. The molecule has 12 heteroatoms. The zero-order chi connectivity index (χ0) is 28.3. The number of pyridine rings is 3. The van der Waals surface area contributed by atoms with Crippen molar-refractivity contribution in [2.24, 2.45) is 0 Å². The molecule has 1 unspecified atom stereocenters. The Kier molecular flexibility index (Phi) is 6.25. The minimum Gasteiger partial charge on any atom is -0.277 e. The van der Waals surface area contributed by atoms with Crippen LogP contribution in [0.15, 0.2) is 47.8 Å². The molecule has 5 heterocycles. The molecule has 0 aliphatic heterocycles. The minimum absolute atomic E-state index is 0.000902. The van der Waals surface area contributed by atoms with E-state index in [9.17, 15) is 9.18 Å². The van der Waals surface area contributed by atoms with Gasteiger partial charge in [0.1, 0.15) is 28.2 Å². The van der Waals surface area contributed by atoms with E-state index in [1.807, 2.05) is 0 Å². The third-order valence-electron chi connectivity index (χ3n) is 7.06. The minimum atomic E-state index is -0.722. The van der Waals surface area contributed by atoms with Crippen LogP contribution in [0.5, 0.6) is 0 Å². The van der Waals surface area contributed by atoms with Crippen LogP contribution in [0.2, 0.25) is 5.02 Å². The molecule has 1 fully saturated rings. The molecule has 2 atom stereocenters. The highest BCUT2D eigenvalue weighted by atomic mass is 35.5. The Labute approximate surface area is 232 Å². The molecule has 40 heavy (non-hydrogen) atoms. The molecule has 0 radical (unpaired) electrons. The van der Waals surface area contributed by atoms with Gasteiger partial charge in [-0.3, -0.25) is 19.3 Å². The molecule has 0 amide bonds. The molecule has 6 rings (SSSR count). The summed E-state index contributed by atoms with van der Waals surface area (Å²) < 4.78 is 32.6. The molecule has 9 nitrogen and oxygen atoms in total. The van der Waals surface area contributed by atoms with Gasteiger partial charge in [-0.15, -0.1) is 5.10 Å². The number of halogens is 3. The Morgan fingerprint density at radius 2 is 1.80 bits per heavy atom. The lowest BCUT2D eigenvalue weighted by Gasteiger charge is -2.17. The van der Waals surface area contributed by atoms with Crippen LogP contribution in [-0.4, -0.2) is 39.3 Å². The molecule has 0 aromatic carbocycles. The van der Waals surface area contributed by atoms with Crippen LogP contribution in [0.25, 0.3) is 23.0 Å². The Bertz CT molecular complexity index is 1870. The molecule has 1 saturated carbocycles. The van der Waals surface area contributed by atoms with Gasteiger partial charge in [0.2, 0.25) is 0 Å². The first-order valence-electron chi connectivity index (χ1n) is 12.6. The van der Waals surface area contributed by atoms with Crippen LogP contribution in [0, 0.1) is 39.3 Å². The molecule has 5 aromatic rings. The van der Waals surface area contributed by atoms with Crippen molar-refractivity contribution in [1.82, 2.24) is 39.3 Å². The predicted octanol–water partition coefficient (Wildman–Crippen LogP) is 5.10. The van der Waals surface area contributed by atoms with E-state index in [4.69, 9.17) is 11.6 Å². The molecule has 5 aromatic heterocycles. The highest BCUT2D eigenvalue weighted by Gasteiger charge is 2.42. The lowest BCUT2D eigenvalue weighted by molar-refractivity contribution is 0.609. The van der Waals surface area contributed by atoms with Crippen LogP contribution >= 0.6 is 11.6 Å². The van der Waals surface area contributed by atoms with Crippen molar-refractivity contribution in [3.63, 3.8) is 0 Å². The van der Waals surface area contributed by atoms with Crippen molar-refractivity contribution in [3.8, 4) is 23.0 Å². The molecular formula is C28H23ClF2N8O. The Hall–Kier alpha value is -4.38. The zero-order valence-corrected chi connectivity index (χ0v) is 22.8. The summed E-state index contributed by atoms with van der Waals surface area (Å²) in [6.45, 7) is 6.91. The average Bonchev–Trinajstić information content (AvgIpc) is 3.64. The summed E-state index contributed by atoms with van der Waals surface area (Å²) in [7, 11) is 0. The van der Waals surface area contributed by atoms with Crippen molar-refractivity contribution >= 4 is 11.6 Å². The molecule has 0 N–H and O–H groups in total. The number of hydrogen-bond donors (Lipinski definition) is 0. The van der Waals surface area contributed by atoms with E-state index in [-0.39, 0.29) is 39.9 Å². The van der Waals surface area contributed by atoms with Gasteiger partial charge in [0, 0.05) is 24.3 Å². The van der Waals surface area contributed by atoms with Gasteiger partial charge in [-0.25, -0.2) is 23.7 Å². The lowest BCUT2D eigenvalue weighted by atomic mass is 10.0. The summed E-state index contributed by atoms with van der Waals surface area (Å²) in [6, 6.07) is 4.77. The van der Waals surface area contributed by atoms with E-state index in [0.29, 0.717) is 34.9 Å². The number of nitrogens with zero attached hydrogens (tertiary/aromatic N) is 8. The standard InChI is InChI=1S/C28H23ClF2N8O/c1-13-10-34-25(22-5-6-33-28(36-22)39-16(4)35-15(3)37-39)24(31)26(13)38-14(2)7-21(23(29)27(38)40)20-9-19(20)17-8-18(30)12-32-11-17/h5-8,10-12,19-20H,9H2,1-4H3/t19?,20-/m1/s1. The predicted molar refractivity (Wildman–Crippen MR) is 144 cm³/mol. The topological polar surface area (TPSA) is 104 Å². The first-order valence-corrected chi connectivity index (χ1v) is 12.9. The maximum Gasteiger partial charge on any atom is 0.274 e. The number of rotatable bonds is 5. The van der Waals surface area contributed by atoms with E-state index >= 15 is 4.39 Å². The van der Waals surface area contributed by atoms with Crippen molar-refractivity contribution in [2.45, 2.75) is 46.0 Å². The van der Waals surface area contributed by atoms with Gasteiger partial charge in [0.15, 0.2) is 5.82 Å². The molecular weight excluding hydrogens is 538 g/mol. The van der Waals surface area contributed by atoms with Gasteiger partial charge in [-0.05, 0) is 80.8 Å². The fourth-order valence-electron chi connectivity index (χ4n) is 5.13. The zero-order valence-electron chi connectivity index (χ0n) is 22.0. The molecule has 0 spiro atoms. The van der Waals surface area contributed by atoms with Crippen molar-refractivity contribution in [2.75, 3.05) is 0 Å². The smallest absolute Gasteiger partial charge is 0.274 e. The largest absolute Gasteiger partial charge is 0.277 e. The summed E-state index contributed by atoms with van der Waals surface area (Å²) in [5.41, 5.74) is 2.02. The SMILES string of the molecule is Cc1nc(C)n(-c2nccc(-c3ncc(C)c(-n4c(C)cc([C@@H]5CC5c5cncc(F)c5)c(Cl)c4=O)c3F)n2)n1. The molecule has 202 valence electrons. The van der Waals surface area contributed by atoms with Crippen molar-refractivity contribution in [1.29, 1.82) is 0 Å². The molecule has 0 saturated heterocycles. The Morgan fingerprint density at radius 3 is 2.52 bits per heavy atom. The molecule has 0 bridgehead atoms. The lowest BCUT2D eigenvalue weighted by Crippen LogP contribution is -2.24. The third kappa shape index (κ3) is 4.36. The first kappa shape index (κ1) is 25.9. The van der Waals surface area contributed by atoms with Crippen LogP contribution in [0.4, 0.5) is 8.78 Å². The van der Waals surface area contributed by atoms with Gasteiger partial charge >= 0.3 is 0 Å². The van der Waals surface area contributed by atoms with Crippen LogP contribution in [0.3, 0.4) is 0 Å². The van der Waals surface area contributed by atoms with Crippen LogP contribution < -0.4 is 5.56 Å². The monoisotopic (exact) mass is 560 g/mol. The first-order chi connectivity index (χ1) is 19.1. The average molecular weight is 561 g/mol. The maximum absolute atomic E-state index is 16.2. The van der Waals surface area contributed by atoms with Gasteiger partial charge in [0.05, 0.1) is 17.6 Å². The second kappa shape index (κ2) is 9.67. The summed E-state index contributed by atoms with van der Waals surface area (Å²) in [4.78, 5) is 34.8. The van der Waals surface area contributed by atoms with Gasteiger partial charge in [-0.2, -0.15) is 4.68 Å². The summed E-state index contributed by atoms with van der Waals surface area (Å²) in [5.74, 6) is 0.157. The third-order valence-corrected chi connectivity index (χ3v) is 7.44.